The third kappa shape index (κ3) is 2.95. The van der Waals surface area contributed by atoms with E-state index in [4.69, 9.17) is 4.74 Å². The van der Waals surface area contributed by atoms with Crippen molar-refractivity contribution in [2.24, 2.45) is 0 Å². The molecule has 0 bridgehead atoms. The Balaban J connectivity index is 2.22. The highest BCUT2D eigenvalue weighted by Crippen LogP contribution is 2.20. The maximum Gasteiger partial charge on any atom is 0.151 e. The second-order valence-electron chi connectivity index (χ2n) is 3.75. The molecular weight excluding hydrogens is 228 g/mol. The molecular formula is C13H16N4O. The number of aromatic nitrogens is 2. The van der Waals surface area contributed by atoms with Crippen molar-refractivity contribution in [3.05, 3.63) is 42.2 Å². The molecule has 0 fully saturated rings. The minimum absolute atomic E-state index is 0.558. The summed E-state index contributed by atoms with van der Waals surface area (Å²) in [6, 6.07) is 7.95. The van der Waals surface area contributed by atoms with Crippen LogP contribution in [0.3, 0.4) is 0 Å². The molecule has 1 aromatic carbocycles. The van der Waals surface area contributed by atoms with Crippen LogP contribution in [-0.2, 0) is 11.3 Å². The first-order chi connectivity index (χ1) is 8.83. The fraction of sp³-hybridized carbons (Fsp3) is 0.231. The van der Waals surface area contributed by atoms with Gasteiger partial charge in [0.2, 0.25) is 0 Å². The molecule has 0 aliphatic carbocycles. The van der Waals surface area contributed by atoms with E-state index in [1.54, 1.807) is 19.5 Å². The van der Waals surface area contributed by atoms with Crippen LogP contribution in [0, 0.1) is 0 Å². The van der Waals surface area contributed by atoms with E-state index in [0.717, 1.165) is 17.1 Å². The lowest BCUT2D eigenvalue weighted by Gasteiger charge is -2.11. The molecule has 0 spiro atoms. The Morgan fingerprint density at radius 2 is 1.94 bits per heavy atom. The van der Waals surface area contributed by atoms with Gasteiger partial charge in [0.05, 0.1) is 19.0 Å². The zero-order valence-electron chi connectivity index (χ0n) is 10.5. The van der Waals surface area contributed by atoms with Crippen LogP contribution in [-0.4, -0.2) is 24.1 Å². The predicted octanol–water partition coefficient (Wildman–Crippen LogP) is 2.41. The molecule has 2 aromatic rings. The lowest BCUT2D eigenvalue weighted by molar-refractivity contribution is 0.185. The van der Waals surface area contributed by atoms with Crippen LogP contribution >= 0.6 is 0 Å². The van der Waals surface area contributed by atoms with Gasteiger partial charge >= 0.3 is 0 Å². The standard InChI is InChI=1S/C13H16N4O/c1-14-12-7-15-8-13(17-12)16-11-6-4-3-5-10(11)9-18-2/h3-8H,9H2,1-2H3,(H2,14,16,17). The van der Waals surface area contributed by atoms with Crippen LogP contribution in [0.1, 0.15) is 5.56 Å². The zero-order valence-corrected chi connectivity index (χ0v) is 10.5. The molecule has 0 amide bonds. The molecule has 2 N–H and O–H groups in total. The largest absolute Gasteiger partial charge is 0.380 e. The van der Waals surface area contributed by atoms with Gasteiger partial charge in [-0.2, -0.15) is 0 Å². The van der Waals surface area contributed by atoms with Gasteiger partial charge in [0.25, 0.3) is 0 Å². The molecule has 0 saturated carbocycles. The Labute approximate surface area is 106 Å². The topological polar surface area (TPSA) is 59.1 Å². The molecule has 0 aliphatic heterocycles. The first kappa shape index (κ1) is 12.3. The summed E-state index contributed by atoms with van der Waals surface area (Å²) in [7, 11) is 3.49. The molecule has 0 saturated heterocycles. The predicted molar refractivity (Wildman–Crippen MR) is 72.0 cm³/mol. The number of anilines is 3. The lowest BCUT2D eigenvalue weighted by atomic mass is 10.2. The number of hydrogen-bond acceptors (Lipinski definition) is 5. The minimum atomic E-state index is 0.558. The summed E-state index contributed by atoms with van der Waals surface area (Å²) in [5.41, 5.74) is 2.05. The highest BCUT2D eigenvalue weighted by molar-refractivity contribution is 5.60. The van der Waals surface area contributed by atoms with E-state index in [-0.39, 0.29) is 0 Å². The van der Waals surface area contributed by atoms with Gasteiger partial charge in [-0.1, -0.05) is 18.2 Å². The number of para-hydroxylation sites is 1. The summed E-state index contributed by atoms with van der Waals surface area (Å²) < 4.78 is 5.16. The Hall–Kier alpha value is -2.14. The Morgan fingerprint density at radius 3 is 2.72 bits per heavy atom. The smallest absolute Gasteiger partial charge is 0.151 e. The fourth-order valence-electron chi connectivity index (χ4n) is 1.61. The Kier molecular flexibility index (Phi) is 4.09. The van der Waals surface area contributed by atoms with Gasteiger partial charge in [0, 0.05) is 25.4 Å². The maximum absolute atomic E-state index is 5.16. The van der Waals surface area contributed by atoms with Crippen LogP contribution in [0.4, 0.5) is 17.3 Å². The van der Waals surface area contributed by atoms with Crippen molar-refractivity contribution >= 4 is 17.3 Å². The SMILES string of the molecule is CNc1cncc(Nc2ccccc2COC)n1. The van der Waals surface area contributed by atoms with Crippen molar-refractivity contribution in [2.45, 2.75) is 6.61 Å². The van der Waals surface area contributed by atoms with Crippen molar-refractivity contribution in [3.63, 3.8) is 0 Å². The fourth-order valence-corrected chi connectivity index (χ4v) is 1.61. The van der Waals surface area contributed by atoms with Crippen molar-refractivity contribution < 1.29 is 4.74 Å². The number of ether oxygens (including phenoxy) is 1. The first-order valence-electron chi connectivity index (χ1n) is 5.67. The quantitative estimate of drug-likeness (QED) is 0.845. The summed E-state index contributed by atoms with van der Waals surface area (Å²) in [6.07, 6.45) is 3.36. The van der Waals surface area contributed by atoms with Crippen molar-refractivity contribution in [3.8, 4) is 0 Å². The molecule has 1 heterocycles. The summed E-state index contributed by atoms with van der Waals surface area (Å²) in [5, 5.41) is 6.19. The molecule has 0 aliphatic rings. The molecule has 0 radical (unpaired) electrons. The van der Waals surface area contributed by atoms with Gasteiger partial charge in [-0.25, -0.2) is 4.98 Å². The van der Waals surface area contributed by atoms with Crippen molar-refractivity contribution in [1.82, 2.24) is 9.97 Å². The molecule has 2 rings (SSSR count). The van der Waals surface area contributed by atoms with E-state index in [1.165, 1.54) is 0 Å². The summed E-state index contributed by atoms with van der Waals surface area (Å²) in [4.78, 5) is 8.47. The van der Waals surface area contributed by atoms with Crippen molar-refractivity contribution in [2.75, 3.05) is 24.8 Å². The summed E-state index contributed by atoms with van der Waals surface area (Å²) >= 11 is 0. The summed E-state index contributed by atoms with van der Waals surface area (Å²) in [6.45, 7) is 0.558. The van der Waals surface area contributed by atoms with Gasteiger partial charge in [-0.05, 0) is 6.07 Å². The number of benzene rings is 1. The average molecular weight is 244 g/mol. The Bertz CT molecular complexity index is 516. The molecule has 94 valence electrons. The molecule has 0 atom stereocenters. The Morgan fingerprint density at radius 1 is 1.17 bits per heavy atom. The van der Waals surface area contributed by atoms with Crippen LogP contribution < -0.4 is 10.6 Å². The molecule has 18 heavy (non-hydrogen) atoms. The lowest BCUT2D eigenvalue weighted by Crippen LogP contribution is -2.01. The van der Waals surface area contributed by atoms with E-state index < -0.39 is 0 Å². The number of methoxy groups -OCH3 is 1. The van der Waals surface area contributed by atoms with Gasteiger partial charge in [-0.3, -0.25) is 4.98 Å². The van der Waals surface area contributed by atoms with Crippen LogP contribution in [0.2, 0.25) is 0 Å². The third-order valence-electron chi connectivity index (χ3n) is 2.47. The van der Waals surface area contributed by atoms with Gasteiger partial charge in [0.1, 0.15) is 5.82 Å². The second kappa shape index (κ2) is 5.97. The van der Waals surface area contributed by atoms with E-state index in [2.05, 4.69) is 20.6 Å². The third-order valence-corrected chi connectivity index (χ3v) is 2.47. The number of rotatable bonds is 5. The van der Waals surface area contributed by atoms with Crippen LogP contribution in [0.25, 0.3) is 0 Å². The highest BCUT2D eigenvalue weighted by Gasteiger charge is 2.03. The van der Waals surface area contributed by atoms with Gasteiger partial charge < -0.3 is 15.4 Å². The van der Waals surface area contributed by atoms with Crippen LogP contribution in [0.15, 0.2) is 36.7 Å². The van der Waals surface area contributed by atoms with E-state index in [0.29, 0.717) is 12.4 Å². The number of nitrogens with zero attached hydrogens (tertiary/aromatic N) is 2. The van der Waals surface area contributed by atoms with Crippen molar-refractivity contribution in [1.29, 1.82) is 0 Å². The average Bonchev–Trinajstić information content (AvgIpc) is 2.41. The van der Waals surface area contributed by atoms with Gasteiger partial charge in [-0.15, -0.1) is 0 Å². The van der Waals surface area contributed by atoms with Gasteiger partial charge in [0.15, 0.2) is 5.82 Å². The second-order valence-corrected chi connectivity index (χ2v) is 3.75. The maximum atomic E-state index is 5.16. The monoisotopic (exact) mass is 244 g/mol. The molecule has 1 aromatic heterocycles. The molecule has 5 heteroatoms. The zero-order chi connectivity index (χ0) is 12.8. The molecule has 5 nitrogen and oxygen atoms in total. The first-order valence-corrected chi connectivity index (χ1v) is 5.67. The highest BCUT2D eigenvalue weighted by atomic mass is 16.5. The van der Waals surface area contributed by atoms with E-state index in [9.17, 15) is 0 Å². The molecule has 0 unspecified atom stereocenters. The summed E-state index contributed by atoms with van der Waals surface area (Å²) in [5.74, 6) is 1.43. The minimum Gasteiger partial charge on any atom is -0.380 e. The van der Waals surface area contributed by atoms with Crippen LogP contribution in [0.5, 0.6) is 0 Å². The van der Waals surface area contributed by atoms with E-state index >= 15 is 0 Å². The van der Waals surface area contributed by atoms with E-state index in [1.807, 2.05) is 31.3 Å². The number of nitrogens with one attached hydrogen (secondary N) is 2. The number of hydrogen-bond donors (Lipinski definition) is 2. The normalized spacial score (nSPS) is 10.1.